The predicted molar refractivity (Wildman–Crippen MR) is 84.0 cm³/mol. The van der Waals surface area contributed by atoms with Crippen molar-refractivity contribution < 1.29 is 4.74 Å². The van der Waals surface area contributed by atoms with Crippen molar-refractivity contribution in [2.24, 2.45) is 5.73 Å². The number of hydrogen-bond acceptors (Lipinski definition) is 3. The van der Waals surface area contributed by atoms with Gasteiger partial charge < -0.3 is 15.4 Å². The van der Waals surface area contributed by atoms with E-state index in [1.54, 1.807) is 0 Å². The first-order valence-corrected chi connectivity index (χ1v) is 7.20. The minimum Gasteiger partial charge on any atom is -0.493 e. The third-order valence-electron chi connectivity index (χ3n) is 2.68. The summed E-state index contributed by atoms with van der Waals surface area (Å²) in [5.74, 6) is 0.990. The zero-order valence-corrected chi connectivity index (χ0v) is 13.2. The Morgan fingerprint density at radius 1 is 1.21 bits per heavy atom. The van der Waals surface area contributed by atoms with Crippen LogP contribution in [0.15, 0.2) is 18.2 Å². The lowest BCUT2D eigenvalue weighted by Crippen LogP contribution is -2.15. The highest BCUT2D eigenvalue weighted by Crippen LogP contribution is 2.19. The van der Waals surface area contributed by atoms with Crippen LogP contribution in [0, 0.1) is 6.92 Å². The average molecular weight is 266 g/mol. The second-order valence-corrected chi connectivity index (χ2v) is 4.64. The van der Waals surface area contributed by atoms with Gasteiger partial charge in [0.15, 0.2) is 0 Å². The molecule has 0 radical (unpaired) electrons. The van der Waals surface area contributed by atoms with Gasteiger partial charge in [-0.3, -0.25) is 0 Å². The molecule has 3 nitrogen and oxygen atoms in total. The van der Waals surface area contributed by atoms with E-state index in [1.807, 2.05) is 13.8 Å². The van der Waals surface area contributed by atoms with Crippen molar-refractivity contribution in [2.45, 2.75) is 33.6 Å². The molecule has 1 aromatic carbocycles. The number of benzene rings is 1. The minimum atomic E-state index is 0.697. The van der Waals surface area contributed by atoms with Crippen LogP contribution in [-0.2, 0) is 6.42 Å². The number of ether oxygens (including phenoxy) is 1. The Balaban J connectivity index is 0.00000154. The number of nitrogens with zero attached hydrogens (tertiary/aromatic N) is 1. The van der Waals surface area contributed by atoms with Gasteiger partial charge in [-0.25, -0.2) is 0 Å². The van der Waals surface area contributed by atoms with Crippen LogP contribution in [0.2, 0.25) is 0 Å². The van der Waals surface area contributed by atoms with Crippen molar-refractivity contribution in [2.75, 3.05) is 33.8 Å². The summed E-state index contributed by atoms with van der Waals surface area (Å²) in [4.78, 5) is 2.17. The third-order valence-corrected chi connectivity index (χ3v) is 2.68. The lowest BCUT2D eigenvalue weighted by Gasteiger charge is -2.12. The van der Waals surface area contributed by atoms with Crippen molar-refractivity contribution in [1.82, 2.24) is 4.90 Å². The van der Waals surface area contributed by atoms with Crippen molar-refractivity contribution in [3.63, 3.8) is 0 Å². The van der Waals surface area contributed by atoms with E-state index < -0.39 is 0 Å². The fraction of sp³-hybridized carbons (Fsp3) is 0.625. The van der Waals surface area contributed by atoms with Crippen molar-refractivity contribution in [1.29, 1.82) is 0 Å². The summed E-state index contributed by atoms with van der Waals surface area (Å²) in [5.41, 5.74) is 8.02. The van der Waals surface area contributed by atoms with Crippen LogP contribution in [0.4, 0.5) is 0 Å². The highest BCUT2D eigenvalue weighted by Gasteiger charge is 2.01. The smallest absolute Gasteiger partial charge is 0.122 e. The number of rotatable bonds is 7. The first kappa shape index (κ1) is 17.9. The molecule has 0 heterocycles. The molecule has 0 fully saturated rings. The Morgan fingerprint density at radius 2 is 1.89 bits per heavy atom. The van der Waals surface area contributed by atoms with Crippen LogP contribution in [0.3, 0.4) is 0 Å². The number of nitrogens with two attached hydrogens (primary N) is 1. The molecule has 0 aliphatic rings. The Kier molecular flexibility index (Phi) is 10.2. The summed E-state index contributed by atoms with van der Waals surface area (Å²) >= 11 is 0. The quantitative estimate of drug-likeness (QED) is 0.771. The monoisotopic (exact) mass is 266 g/mol. The molecule has 3 heteroatoms. The Morgan fingerprint density at radius 3 is 2.42 bits per heavy atom. The van der Waals surface area contributed by atoms with E-state index in [4.69, 9.17) is 10.5 Å². The first-order chi connectivity index (χ1) is 9.13. The summed E-state index contributed by atoms with van der Waals surface area (Å²) in [6.07, 6.45) is 1.98. The van der Waals surface area contributed by atoms with Gasteiger partial charge in [-0.2, -0.15) is 0 Å². The largest absolute Gasteiger partial charge is 0.493 e. The summed E-state index contributed by atoms with van der Waals surface area (Å²) < 4.78 is 5.76. The van der Waals surface area contributed by atoms with E-state index in [9.17, 15) is 0 Å². The molecule has 0 aromatic heterocycles. The maximum atomic E-state index is 5.76. The third kappa shape index (κ3) is 7.85. The van der Waals surface area contributed by atoms with Gasteiger partial charge in [0.1, 0.15) is 5.75 Å². The van der Waals surface area contributed by atoms with Gasteiger partial charge >= 0.3 is 0 Å². The van der Waals surface area contributed by atoms with Crippen LogP contribution in [0.1, 0.15) is 31.4 Å². The van der Waals surface area contributed by atoms with E-state index in [-0.39, 0.29) is 0 Å². The van der Waals surface area contributed by atoms with Gasteiger partial charge in [0, 0.05) is 6.54 Å². The molecule has 0 aliphatic carbocycles. The van der Waals surface area contributed by atoms with Crippen LogP contribution in [-0.4, -0.2) is 38.7 Å². The minimum absolute atomic E-state index is 0.697. The predicted octanol–water partition coefficient (Wildman–Crippen LogP) is 2.85. The molecule has 0 saturated heterocycles. The molecule has 0 aliphatic heterocycles. The Bertz CT molecular complexity index is 338. The van der Waals surface area contributed by atoms with E-state index in [0.717, 1.165) is 31.7 Å². The lowest BCUT2D eigenvalue weighted by molar-refractivity contribution is 0.280. The topological polar surface area (TPSA) is 38.5 Å². The van der Waals surface area contributed by atoms with Gasteiger partial charge in [-0.1, -0.05) is 26.0 Å². The molecule has 0 unspecified atom stereocenters. The van der Waals surface area contributed by atoms with E-state index in [2.05, 4.69) is 44.1 Å². The maximum Gasteiger partial charge on any atom is 0.122 e. The van der Waals surface area contributed by atoms with E-state index in [0.29, 0.717) is 6.54 Å². The van der Waals surface area contributed by atoms with Gasteiger partial charge in [0.05, 0.1) is 6.61 Å². The highest BCUT2D eigenvalue weighted by atomic mass is 16.5. The van der Waals surface area contributed by atoms with Crippen molar-refractivity contribution >= 4 is 0 Å². The van der Waals surface area contributed by atoms with E-state index in [1.165, 1.54) is 11.1 Å². The first-order valence-electron chi connectivity index (χ1n) is 7.20. The summed E-state index contributed by atoms with van der Waals surface area (Å²) in [6.45, 7) is 8.61. The fourth-order valence-electron chi connectivity index (χ4n) is 1.76. The highest BCUT2D eigenvalue weighted by molar-refractivity contribution is 5.36. The molecule has 1 aromatic rings. The summed E-state index contributed by atoms with van der Waals surface area (Å²) in [6, 6.07) is 6.31. The zero-order chi connectivity index (χ0) is 14.7. The molecule has 110 valence electrons. The van der Waals surface area contributed by atoms with Crippen LogP contribution in [0.5, 0.6) is 5.75 Å². The molecule has 0 amide bonds. The molecule has 0 atom stereocenters. The second-order valence-electron chi connectivity index (χ2n) is 4.64. The molecule has 0 spiro atoms. The lowest BCUT2D eigenvalue weighted by atomic mass is 10.1. The zero-order valence-electron chi connectivity index (χ0n) is 13.2. The molecule has 2 N–H and O–H groups in total. The molecular formula is C16H30N2O. The van der Waals surface area contributed by atoms with Gasteiger partial charge in [0.25, 0.3) is 0 Å². The average Bonchev–Trinajstić information content (AvgIpc) is 2.39. The van der Waals surface area contributed by atoms with Crippen molar-refractivity contribution in [3.8, 4) is 5.75 Å². The molecule has 0 bridgehead atoms. The summed E-state index contributed by atoms with van der Waals surface area (Å²) in [7, 11) is 4.15. The van der Waals surface area contributed by atoms with Crippen LogP contribution >= 0.6 is 0 Å². The maximum absolute atomic E-state index is 5.76. The molecule has 1 rings (SSSR count). The van der Waals surface area contributed by atoms with Gasteiger partial charge in [-0.15, -0.1) is 0 Å². The van der Waals surface area contributed by atoms with Crippen LogP contribution in [0.25, 0.3) is 0 Å². The number of hydrogen-bond donors (Lipinski definition) is 1. The summed E-state index contributed by atoms with van der Waals surface area (Å²) in [5, 5.41) is 0. The van der Waals surface area contributed by atoms with Crippen molar-refractivity contribution in [3.05, 3.63) is 29.3 Å². The molecule has 0 saturated carbocycles. The Labute approximate surface area is 118 Å². The molecule has 19 heavy (non-hydrogen) atoms. The van der Waals surface area contributed by atoms with Gasteiger partial charge in [0.2, 0.25) is 0 Å². The Hall–Kier alpha value is -1.06. The SMILES string of the molecule is CC.Cc1cc(CCN)ccc1OCCCN(C)C. The van der Waals surface area contributed by atoms with E-state index >= 15 is 0 Å². The van der Waals surface area contributed by atoms with Crippen LogP contribution < -0.4 is 10.5 Å². The second kappa shape index (κ2) is 10.8. The number of aryl methyl sites for hydroxylation is 1. The molecular weight excluding hydrogens is 236 g/mol. The standard InChI is InChI=1S/C14H24N2O.C2H6/c1-12-11-13(7-8-15)5-6-14(12)17-10-4-9-16(2)3;1-2/h5-6,11H,4,7-10,15H2,1-3H3;1-2H3. The normalized spacial score (nSPS) is 10.1. The van der Waals surface area contributed by atoms with Gasteiger partial charge in [-0.05, 0) is 57.6 Å². The fourth-order valence-corrected chi connectivity index (χ4v) is 1.76.